The van der Waals surface area contributed by atoms with Crippen molar-refractivity contribution < 1.29 is 4.39 Å². The van der Waals surface area contributed by atoms with Gasteiger partial charge in [-0.2, -0.15) is 0 Å². The number of hydrogen-bond donors (Lipinski definition) is 1. The highest BCUT2D eigenvalue weighted by atomic mass is 32.1. The second kappa shape index (κ2) is 5.73. The molecule has 0 saturated heterocycles. The van der Waals surface area contributed by atoms with Gasteiger partial charge in [-0.1, -0.05) is 6.92 Å². The molecule has 0 atom stereocenters. The predicted molar refractivity (Wildman–Crippen MR) is 84.1 cm³/mol. The first-order valence-electron chi connectivity index (χ1n) is 6.87. The minimum Gasteiger partial charge on any atom is -0.370 e. The van der Waals surface area contributed by atoms with E-state index < -0.39 is 5.82 Å². The van der Waals surface area contributed by atoms with E-state index in [1.165, 1.54) is 11.1 Å². The number of hydrogen-bond acceptors (Lipinski definition) is 5. The normalized spacial score (nSPS) is 11.0. The zero-order valence-electron chi connectivity index (χ0n) is 11.9. The third-order valence-corrected chi connectivity index (χ3v) is 4.32. The molecule has 0 bridgehead atoms. The van der Waals surface area contributed by atoms with E-state index in [0.717, 1.165) is 29.0 Å². The van der Waals surface area contributed by atoms with Crippen molar-refractivity contribution in [2.75, 3.05) is 11.9 Å². The number of halogens is 1. The fourth-order valence-electron chi connectivity index (χ4n) is 2.12. The van der Waals surface area contributed by atoms with Gasteiger partial charge in [0.25, 0.3) is 0 Å². The summed E-state index contributed by atoms with van der Waals surface area (Å²) < 4.78 is 13.9. The van der Waals surface area contributed by atoms with Gasteiger partial charge < -0.3 is 5.32 Å². The Morgan fingerprint density at radius 1 is 1.29 bits per heavy atom. The molecule has 0 radical (unpaired) electrons. The summed E-state index contributed by atoms with van der Waals surface area (Å²) >= 11 is 1.62. The van der Waals surface area contributed by atoms with Crippen LogP contribution in [0, 0.1) is 5.82 Å². The van der Waals surface area contributed by atoms with E-state index in [9.17, 15) is 4.39 Å². The molecular formula is C15H15FN4S. The maximum absolute atomic E-state index is 13.9. The van der Waals surface area contributed by atoms with Gasteiger partial charge in [0.1, 0.15) is 10.6 Å². The topological polar surface area (TPSA) is 50.7 Å². The lowest BCUT2D eigenvalue weighted by molar-refractivity contribution is 0.624. The lowest BCUT2D eigenvalue weighted by Gasteiger charge is -2.07. The standard InChI is InChI=1S/C15H15FN4S/c1-3-9-7-11-13(18-4-2)19-14(20-15(11)21-9)10-5-6-17-8-12(10)16/h5-8H,3-4H2,1-2H3,(H,18,19,20). The number of rotatable bonds is 4. The Bertz CT molecular complexity index is 784. The SMILES string of the molecule is CCNc1nc(-c2ccncc2F)nc2sc(CC)cc12. The molecule has 0 fully saturated rings. The number of nitrogens with one attached hydrogen (secondary N) is 1. The zero-order chi connectivity index (χ0) is 14.8. The van der Waals surface area contributed by atoms with Crippen molar-refractivity contribution in [1.82, 2.24) is 15.0 Å². The molecule has 4 nitrogen and oxygen atoms in total. The molecule has 0 aliphatic rings. The number of aromatic nitrogens is 3. The Labute approximate surface area is 126 Å². The van der Waals surface area contributed by atoms with Crippen LogP contribution in [0.25, 0.3) is 21.6 Å². The van der Waals surface area contributed by atoms with Gasteiger partial charge in [0.05, 0.1) is 17.1 Å². The van der Waals surface area contributed by atoms with Crippen LogP contribution in [0.1, 0.15) is 18.7 Å². The van der Waals surface area contributed by atoms with Gasteiger partial charge in [0, 0.05) is 17.6 Å². The molecule has 0 spiro atoms. The molecule has 0 aromatic carbocycles. The third kappa shape index (κ3) is 2.58. The molecule has 1 N–H and O–H groups in total. The molecule has 3 aromatic heterocycles. The van der Waals surface area contributed by atoms with Crippen LogP contribution in [0.3, 0.4) is 0 Å². The highest BCUT2D eigenvalue weighted by molar-refractivity contribution is 7.18. The second-order valence-electron chi connectivity index (χ2n) is 4.57. The summed E-state index contributed by atoms with van der Waals surface area (Å²) in [6.07, 6.45) is 3.68. The Kier molecular flexibility index (Phi) is 3.79. The molecule has 3 heterocycles. The van der Waals surface area contributed by atoms with Crippen LogP contribution in [0.2, 0.25) is 0 Å². The van der Waals surface area contributed by atoms with Gasteiger partial charge in [-0.3, -0.25) is 4.98 Å². The van der Waals surface area contributed by atoms with Gasteiger partial charge >= 0.3 is 0 Å². The van der Waals surface area contributed by atoms with E-state index >= 15 is 0 Å². The molecule has 0 saturated carbocycles. The van der Waals surface area contributed by atoms with Crippen LogP contribution in [0.5, 0.6) is 0 Å². The lowest BCUT2D eigenvalue weighted by Crippen LogP contribution is -2.02. The smallest absolute Gasteiger partial charge is 0.166 e. The highest BCUT2D eigenvalue weighted by Crippen LogP contribution is 2.32. The molecule has 0 unspecified atom stereocenters. The van der Waals surface area contributed by atoms with Crippen molar-refractivity contribution in [2.45, 2.75) is 20.3 Å². The Balaban J connectivity index is 2.22. The number of anilines is 1. The monoisotopic (exact) mass is 302 g/mol. The minimum atomic E-state index is -0.411. The second-order valence-corrected chi connectivity index (χ2v) is 5.68. The Hall–Kier alpha value is -2.08. The van der Waals surface area contributed by atoms with E-state index in [1.54, 1.807) is 23.6 Å². The molecule has 6 heteroatoms. The number of aryl methyl sites for hydroxylation is 1. The molecule has 0 aliphatic heterocycles. The highest BCUT2D eigenvalue weighted by Gasteiger charge is 2.14. The van der Waals surface area contributed by atoms with Crippen molar-refractivity contribution in [3.05, 3.63) is 35.2 Å². The van der Waals surface area contributed by atoms with Crippen molar-refractivity contribution in [3.8, 4) is 11.4 Å². The molecule has 21 heavy (non-hydrogen) atoms. The quantitative estimate of drug-likeness (QED) is 0.794. The largest absolute Gasteiger partial charge is 0.370 e. The molecule has 0 aliphatic carbocycles. The number of pyridine rings is 1. The molecule has 3 aromatic rings. The van der Waals surface area contributed by atoms with E-state index in [2.05, 4.69) is 33.3 Å². The summed E-state index contributed by atoms with van der Waals surface area (Å²) in [6.45, 7) is 4.87. The van der Waals surface area contributed by atoms with Gasteiger partial charge in [-0.15, -0.1) is 11.3 Å². The average molecular weight is 302 g/mol. The van der Waals surface area contributed by atoms with E-state index in [0.29, 0.717) is 11.4 Å². The Morgan fingerprint density at radius 3 is 2.86 bits per heavy atom. The molecular weight excluding hydrogens is 287 g/mol. The van der Waals surface area contributed by atoms with Crippen LogP contribution in [0.4, 0.5) is 10.2 Å². The maximum Gasteiger partial charge on any atom is 0.166 e. The number of nitrogens with zero attached hydrogens (tertiary/aromatic N) is 3. The van der Waals surface area contributed by atoms with Crippen LogP contribution in [0.15, 0.2) is 24.5 Å². The first kappa shape index (κ1) is 13.9. The molecule has 3 rings (SSSR count). The zero-order valence-corrected chi connectivity index (χ0v) is 12.7. The van der Waals surface area contributed by atoms with Crippen LogP contribution >= 0.6 is 11.3 Å². The van der Waals surface area contributed by atoms with E-state index in [-0.39, 0.29) is 0 Å². The van der Waals surface area contributed by atoms with Crippen molar-refractivity contribution >= 4 is 27.4 Å². The molecule has 108 valence electrons. The summed E-state index contributed by atoms with van der Waals surface area (Å²) in [5.74, 6) is 0.735. The first-order valence-corrected chi connectivity index (χ1v) is 7.68. The summed E-state index contributed by atoms with van der Waals surface area (Å²) in [7, 11) is 0. The van der Waals surface area contributed by atoms with E-state index in [1.807, 2.05) is 6.92 Å². The third-order valence-electron chi connectivity index (χ3n) is 3.15. The summed E-state index contributed by atoms with van der Waals surface area (Å²) in [4.78, 5) is 14.9. The van der Waals surface area contributed by atoms with Crippen LogP contribution in [-0.2, 0) is 6.42 Å². The van der Waals surface area contributed by atoms with Gasteiger partial charge in [0.15, 0.2) is 11.6 Å². The van der Waals surface area contributed by atoms with Gasteiger partial charge in [0.2, 0.25) is 0 Å². The fourth-order valence-corrected chi connectivity index (χ4v) is 3.09. The molecule has 0 amide bonds. The average Bonchev–Trinajstić information content (AvgIpc) is 2.91. The number of thiophene rings is 1. The lowest BCUT2D eigenvalue weighted by atomic mass is 10.2. The summed E-state index contributed by atoms with van der Waals surface area (Å²) in [6, 6.07) is 3.70. The van der Waals surface area contributed by atoms with Crippen molar-refractivity contribution in [1.29, 1.82) is 0 Å². The minimum absolute atomic E-state index is 0.373. The van der Waals surface area contributed by atoms with Crippen LogP contribution in [-0.4, -0.2) is 21.5 Å². The van der Waals surface area contributed by atoms with Crippen molar-refractivity contribution in [2.24, 2.45) is 0 Å². The Morgan fingerprint density at radius 2 is 2.14 bits per heavy atom. The fraction of sp³-hybridized carbons (Fsp3) is 0.267. The number of fused-ring (bicyclic) bond motifs is 1. The summed E-state index contributed by atoms with van der Waals surface area (Å²) in [5, 5.41) is 4.23. The summed E-state index contributed by atoms with van der Waals surface area (Å²) in [5.41, 5.74) is 0.373. The maximum atomic E-state index is 13.9. The van der Waals surface area contributed by atoms with E-state index in [4.69, 9.17) is 0 Å². The first-order chi connectivity index (χ1) is 10.2. The van der Waals surface area contributed by atoms with Gasteiger partial charge in [-0.25, -0.2) is 14.4 Å². The predicted octanol–water partition coefficient (Wildman–Crippen LogP) is 3.89. The van der Waals surface area contributed by atoms with Gasteiger partial charge in [-0.05, 0) is 25.5 Å². The van der Waals surface area contributed by atoms with Crippen molar-refractivity contribution in [3.63, 3.8) is 0 Å². The van der Waals surface area contributed by atoms with Crippen LogP contribution < -0.4 is 5.32 Å².